The van der Waals surface area contributed by atoms with Crippen molar-refractivity contribution in [2.24, 2.45) is 29.6 Å². The van der Waals surface area contributed by atoms with Crippen LogP contribution in [-0.4, -0.2) is 49.0 Å². The Kier molecular flexibility index (Phi) is 6.47. The zero-order chi connectivity index (χ0) is 30.3. The second-order valence-corrected chi connectivity index (χ2v) is 13.6. The van der Waals surface area contributed by atoms with Crippen LogP contribution in [0.15, 0.2) is 52.3 Å². The Morgan fingerprint density at radius 1 is 1.16 bits per heavy atom. The summed E-state index contributed by atoms with van der Waals surface area (Å²) >= 11 is 2.46. The molecule has 2 aliphatic heterocycles. The number of imide groups is 1. The number of hydrogen-bond donors (Lipinski definition) is 2. The number of aromatic nitrogens is 1. The molecule has 43 heavy (non-hydrogen) atoms. The van der Waals surface area contributed by atoms with Crippen LogP contribution in [-0.2, 0) is 21.0 Å². The van der Waals surface area contributed by atoms with Crippen molar-refractivity contribution in [1.29, 1.82) is 0 Å². The van der Waals surface area contributed by atoms with Gasteiger partial charge in [-0.2, -0.15) is 0 Å². The summed E-state index contributed by atoms with van der Waals surface area (Å²) in [6.07, 6.45) is 0.570. The molecule has 7 rings (SSSR count). The largest absolute Gasteiger partial charge is 0.489 e. The number of nitrogens with zero attached hydrogens (tertiary/aromatic N) is 2. The number of likely N-dealkylation sites (tertiary alicyclic amines) is 1. The first kappa shape index (κ1) is 27.8. The highest BCUT2D eigenvalue weighted by atomic mass is 32.2. The summed E-state index contributed by atoms with van der Waals surface area (Å²) in [5.41, 5.74) is 0.998. The van der Waals surface area contributed by atoms with Crippen LogP contribution in [0.3, 0.4) is 0 Å². The van der Waals surface area contributed by atoms with Crippen molar-refractivity contribution in [2.45, 2.75) is 42.2 Å². The number of ether oxygens (including phenoxy) is 1. The zero-order valence-electron chi connectivity index (χ0n) is 22.5. The molecule has 2 amide bonds. The van der Waals surface area contributed by atoms with Gasteiger partial charge in [-0.05, 0) is 54.9 Å². The Hall–Kier alpha value is -4.04. The number of nitro groups is 1. The monoisotopic (exact) mass is 625 g/mol. The number of amides is 2. The van der Waals surface area contributed by atoms with Gasteiger partial charge in [-0.15, -0.1) is 11.8 Å². The number of aliphatic carboxylic acids is 1. The number of carbonyl (C=O) groups is 3. The van der Waals surface area contributed by atoms with Crippen LogP contribution in [0.4, 0.5) is 10.1 Å². The van der Waals surface area contributed by atoms with Crippen LogP contribution in [0, 0.1) is 45.5 Å². The Morgan fingerprint density at radius 2 is 1.86 bits per heavy atom. The van der Waals surface area contributed by atoms with Crippen molar-refractivity contribution in [3.63, 3.8) is 0 Å². The van der Waals surface area contributed by atoms with Crippen LogP contribution < -0.4 is 9.61 Å². The Balaban J connectivity index is 1.33. The van der Waals surface area contributed by atoms with E-state index in [2.05, 4.69) is 4.98 Å². The van der Waals surface area contributed by atoms with Gasteiger partial charge in [0.05, 0.1) is 21.8 Å². The van der Waals surface area contributed by atoms with E-state index in [1.807, 2.05) is 0 Å². The predicted octanol–water partition coefficient (Wildman–Crippen LogP) is 4.01. The molecule has 1 saturated heterocycles. The lowest BCUT2D eigenvalue weighted by Crippen LogP contribution is -2.44. The molecule has 4 aliphatic rings. The summed E-state index contributed by atoms with van der Waals surface area (Å²) in [7, 11) is 0. The molecule has 8 atom stereocenters. The molecule has 14 heteroatoms. The fraction of sp³-hybridized carbons (Fsp3) is 0.379. The molecule has 222 valence electrons. The first-order chi connectivity index (χ1) is 20.5. The van der Waals surface area contributed by atoms with Gasteiger partial charge in [-0.25, -0.2) is 9.18 Å². The normalized spacial score (nSPS) is 29.3. The molecule has 0 radical (unpaired) electrons. The molecular formula is C29H24FN3O8S2. The summed E-state index contributed by atoms with van der Waals surface area (Å²) in [4.78, 5) is 67.0. The molecule has 2 bridgehead atoms. The molecule has 2 aliphatic carbocycles. The fourth-order valence-corrected chi connectivity index (χ4v) is 10.5. The maximum atomic E-state index is 13.6. The highest BCUT2D eigenvalue weighted by Gasteiger charge is 2.70. The third-order valence-electron chi connectivity index (χ3n) is 9.35. The van der Waals surface area contributed by atoms with E-state index >= 15 is 0 Å². The van der Waals surface area contributed by atoms with Crippen LogP contribution in [0.5, 0.6) is 5.75 Å². The molecule has 8 unspecified atom stereocenters. The highest BCUT2D eigenvalue weighted by Crippen LogP contribution is 2.69. The molecule has 0 spiro atoms. The Labute approximate surface area is 251 Å². The molecule has 11 nitrogen and oxygen atoms in total. The molecule has 3 fully saturated rings. The van der Waals surface area contributed by atoms with E-state index in [1.54, 1.807) is 12.1 Å². The zero-order valence-corrected chi connectivity index (χ0v) is 24.1. The number of halogens is 1. The minimum absolute atomic E-state index is 0.0582. The Morgan fingerprint density at radius 3 is 2.53 bits per heavy atom. The van der Waals surface area contributed by atoms with Crippen molar-refractivity contribution < 1.29 is 33.5 Å². The van der Waals surface area contributed by atoms with Crippen molar-refractivity contribution in [3.8, 4) is 5.75 Å². The first-order valence-electron chi connectivity index (χ1n) is 13.7. The summed E-state index contributed by atoms with van der Waals surface area (Å²) in [5, 5.41) is 21.9. The van der Waals surface area contributed by atoms with Crippen molar-refractivity contribution in [1.82, 2.24) is 9.88 Å². The van der Waals surface area contributed by atoms with Gasteiger partial charge in [0, 0.05) is 33.7 Å². The molecule has 2 N–H and O–H groups in total. The third kappa shape index (κ3) is 4.21. The van der Waals surface area contributed by atoms with Crippen LogP contribution in [0.1, 0.15) is 35.3 Å². The average molecular weight is 626 g/mol. The lowest BCUT2D eigenvalue weighted by atomic mass is 9.68. The number of non-ortho nitro benzene ring substituents is 1. The van der Waals surface area contributed by atoms with Gasteiger partial charge in [0.15, 0.2) is 0 Å². The third-order valence-corrected chi connectivity index (χ3v) is 11.9. The SMILES string of the molecule is CC(C(=O)O)N1C(=O)C2C3CC(C2C1=O)C1C(c2cc([N+](=O)[O-])ccc2OCc2ccc(F)cc2)c2sc(=O)[nH]c2SC31. The van der Waals surface area contributed by atoms with Gasteiger partial charge >= 0.3 is 10.8 Å². The average Bonchev–Trinajstić information content (AvgIpc) is 3.71. The minimum atomic E-state index is -1.29. The smallest absolute Gasteiger partial charge is 0.326 e. The number of H-pyrrole nitrogens is 1. The van der Waals surface area contributed by atoms with Crippen LogP contribution in [0.2, 0.25) is 0 Å². The maximum Gasteiger partial charge on any atom is 0.326 e. The van der Waals surface area contributed by atoms with E-state index in [0.717, 1.165) is 16.2 Å². The maximum absolute atomic E-state index is 13.6. The van der Waals surface area contributed by atoms with Gasteiger partial charge in [-0.3, -0.25) is 29.4 Å². The number of thiazole rings is 1. The lowest BCUT2D eigenvalue weighted by molar-refractivity contribution is -0.385. The number of aromatic amines is 1. The lowest BCUT2D eigenvalue weighted by Gasteiger charge is -2.43. The number of carboxylic acids is 1. The molecule has 2 saturated carbocycles. The number of hydrogen-bond acceptors (Lipinski definition) is 9. The van der Waals surface area contributed by atoms with E-state index in [-0.39, 0.29) is 40.2 Å². The Bertz CT molecular complexity index is 1760. The number of fused-ring (bicyclic) bond motifs is 9. The van der Waals surface area contributed by atoms with E-state index < -0.39 is 52.3 Å². The van der Waals surface area contributed by atoms with Gasteiger partial charge in [0.1, 0.15) is 24.2 Å². The second kappa shape index (κ2) is 10.0. The molecular weight excluding hydrogens is 601 g/mol. The predicted molar refractivity (Wildman–Crippen MR) is 151 cm³/mol. The van der Waals surface area contributed by atoms with Crippen LogP contribution in [0.25, 0.3) is 0 Å². The number of rotatable bonds is 7. The summed E-state index contributed by atoms with van der Waals surface area (Å²) < 4.78 is 19.6. The molecule has 3 aromatic rings. The van der Waals surface area contributed by atoms with Gasteiger partial charge in [0.25, 0.3) is 5.69 Å². The number of benzene rings is 2. The molecule has 3 heterocycles. The second-order valence-electron chi connectivity index (χ2n) is 11.4. The van der Waals surface area contributed by atoms with E-state index in [4.69, 9.17) is 4.74 Å². The minimum Gasteiger partial charge on any atom is -0.489 e. The number of carbonyl (C=O) groups excluding carboxylic acids is 2. The quantitative estimate of drug-likeness (QED) is 0.225. The number of nitrogens with one attached hydrogen (secondary N) is 1. The standard InChI is InChI=1S/C29H24FN3O8S2/c1-11(28(36)37)32-26(34)21-16-9-17(22(21)27(32)35)23-20(16)19(24-25(42-23)31-29(38)43-24)15-8-14(33(39)40)6-7-18(15)41-10-12-2-4-13(30)5-3-12/h2-8,11,16-17,19-23H,9-10H2,1H3,(H,31,38)(H,36,37). The van der Waals surface area contributed by atoms with Crippen molar-refractivity contribution in [3.05, 3.63) is 84.1 Å². The topological polar surface area (TPSA) is 160 Å². The van der Waals surface area contributed by atoms with E-state index in [1.165, 1.54) is 49.0 Å². The van der Waals surface area contributed by atoms with Crippen molar-refractivity contribution >= 4 is 46.6 Å². The van der Waals surface area contributed by atoms with E-state index in [9.17, 15) is 38.8 Å². The van der Waals surface area contributed by atoms with Gasteiger partial charge < -0.3 is 14.8 Å². The summed E-state index contributed by atoms with van der Waals surface area (Å²) in [6.45, 7) is 1.38. The van der Waals surface area contributed by atoms with E-state index in [0.29, 0.717) is 33.2 Å². The van der Waals surface area contributed by atoms with Crippen LogP contribution >= 0.6 is 23.1 Å². The number of nitro benzene ring substituents is 1. The van der Waals surface area contributed by atoms with Gasteiger partial charge in [-0.1, -0.05) is 23.5 Å². The molecule has 1 aromatic heterocycles. The first-order valence-corrected chi connectivity index (χ1v) is 15.4. The summed E-state index contributed by atoms with van der Waals surface area (Å²) in [5.74, 6) is -5.03. The number of thioether (sulfide) groups is 1. The fourth-order valence-electron chi connectivity index (χ4n) is 7.65. The van der Waals surface area contributed by atoms with Gasteiger partial charge in [0.2, 0.25) is 11.8 Å². The van der Waals surface area contributed by atoms with Crippen molar-refractivity contribution in [2.75, 3.05) is 0 Å². The molecule has 2 aromatic carbocycles. The number of carboxylic acid groups (broad SMARTS) is 1. The highest BCUT2D eigenvalue weighted by molar-refractivity contribution is 8.00. The summed E-state index contributed by atoms with van der Waals surface area (Å²) in [6, 6.07) is 8.76.